The maximum atomic E-state index is 13.8. The van der Waals surface area contributed by atoms with Gasteiger partial charge in [0, 0.05) is 23.5 Å². The van der Waals surface area contributed by atoms with Crippen molar-refractivity contribution in [3.05, 3.63) is 57.9 Å². The van der Waals surface area contributed by atoms with E-state index >= 15 is 0 Å². The fourth-order valence-corrected chi connectivity index (χ4v) is 6.52. The van der Waals surface area contributed by atoms with Crippen LogP contribution >= 0.6 is 0 Å². The van der Waals surface area contributed by atoms with Crippen molar-refractivity contribution in [1.82, 2.24) is 0 Å². The molecule has 10 heteroatoms. The standard InChI is InChI=1S/C29H27NO9/c1-11(2)15-9-16(12-3-4-19-20(7-12)39-10-38-19)24(32)22-17(15)6-13-5-14-8-18(31)23(28(30)36)27(35)29(14,37)26(34)21(13)25(22)33/h3-4,7,9,11,13-14,32-33,35,37H,5-6,8,10H2,1-2H3,(H2,30,36)/t13-,14+,29+/m1/s1. The van der Waals surface area contributed by atoms with Gasteiger partial charge in [-0.15, -0.1) is 0 Å². The van der Waals surface area contributed by atoms with Gasteiger partial charge in [-0.25, -0.2) is 0 Å². The zero-order valence-corrected chi connectivity index (χ0v) is 21.3. The minimum atomic E-state index is -2.60. The summed E-state index contributed by atoms with van der Waals surface area (Å²) in [5, 5.41) is 45.2. The second-order valence-electron chi connectivity index (χ2n) is 10.8. The molecule has 0 saturated heterocycles. The van der Waals surface area contributed by atoms with Crippen LogP contribution in [0.1, 0.15) is 49.3 Å². The van der Waals surface area contributed by atoms with Crippen LogP contribution in [-0.2, 0) is 20.8 Å². The molecule has 4 aliphatic rings. The molecule has 39 heavy (non-hydrogen) atoms. The van der Waals surface area contributed by atoms with E-state index in [0.717, 1.165) is 5.56 Å². The summed E-state index contributed by atoms with van der Waals surface area (Å²) in [5.41, 5.74) is 4.28. The number of phenols is 1. The Morgan fingerprint density at radius 3 is 2.49 bits per heavy atom. The van der Waals surface area contributed by atoms with E-state index in [2.05, 4.69) is 0 Å². The Labute approximate surface area is 223 Å². The molecule has 2 aromatic rings. The number of amides is 1. The fraction of sp³-hybridized carbons (Fsp3) is 0.345. The van der Waals surface area contributed by atoms with Crippen molar-refractivity contribution in [3.63, 3.8) is 0 Å². The van der Waals surface area contributed by atoms with Gasteiger partial charge in [0.05, 0.1) is 5.56 Å². The Kier molecular flexibility index (Phi) is 5.35. The van der Waals surface area contributed by atoms with Crippen molar-refractivity contribution in [2.75, 3.05) is 6.79 Å². The highest BCUT2D eigenvalue weighted by Gasteiger charge is 2.60. The third kappa shape index (κ3) is 3.34. The zero-order valence-electron chi connectivity index (χ0n) is 21.3. The van der Waals surface area contributed by atoms with Crippen LogP contribution in [0.25, 0.3) is 16.9 Å². The van der Waals surface area contributed by atoms with Gasteiger partial charge >= 0.3 is 0 Å². The lowest BCUT2D eigenvalue weighted by Gasteiger charge is -2.46. The molecule has 202 valence electrons. The first-order valence-electron chi connectivity index (χ1n) is 12.7. The van der Waals surface area contributed by atoms with Crippen molar-refractivity contribution < 1.29 is 44.3 Å². The number of nitrogens with two attached hydrogens (primary N) is 1. The number of carbonyl (C=O) groups is 3. The van der Waals surface area contributed by atoms with Crippen LogP contribution in [0.4, 0.5) is 0 Å². The molecule has 1 saturated carbocycles. The number of benzene rings is 2. The van der Waals surface area contributed by atoms with Gasteiger partial charge in [0.2, 0.25) is 12.6 Å². The molecule has 6 rings (SSSR count). The summed E-state index contributed by atoms with van der Waals surface area (Å²) >= 11 is 0. The molecular weight excluding hydrogens is 506 g/mol. The number of aliphatic hydroxyl groups is 3. The third-order valence-corrected chi connectivity index (χ3v) is 8.40. The van der Waals surface area contributed by atoms with Gasteiger partial charge in [-0.2, -0.15) is 0 Å². The predicted octanol–water partition coefficient (Wildman–Crippen LogP) is 2.94. The van der Waals surface area contributed by atoms with Gasteiger partial charge in [-0.1, -0.05) is 19.9 Å². The van der Waals surface area contributed by atoms with Crippen LogP contribution < -0.4 is 15.2 Å². The molecule has 10 nitrogen and oxygen atoms in total. The Hall–Kier alpha value is -4.31. The van der Waals surface area contributed by atoms with Crippen molar-refractivity contribution in [2.45, 2.75) is 44.6 Å². The summed E-state index contributed by atoms with van der Waals surface area (Å²) in [7, 11) is 0. The number of phenolic OH excluding ortho intramolecular Hbond substituents is 1. The molecular formula is C29H27NO9. The molecule has 0 unspecified atom stereocenters. The highest BCUT2D eigenvalue weighted by Crippen LogP contribution is 2.54. The number of carbonyl (C=O) groups excluding carboxylic acids is 3. The summed E-state index contributed by atoms with van der Waals surface area (Å²) in [6, 6.07) is 7.04. The lowest BCUT2D eigenvalue weighted by atomic mass is 9.59. The normalized spacial score (nSPS) is 25.5. The molecule has 1 fully saturated rings. The Balaban J connectivity index is 1.56. The molecule has 6 N–H and O–H groups in total. The predicted molar refractivity (Wildman–Crippen MR) is 137 cm³/mol. The number of fused-ring (bicyclic) bond motifs is 4. The average Bonchev–Trinajstić information content (AvgIpc) is 3.34. The van der Waals surface area contributed by atoms with Gasteiger partial charge in [0.15, 0.2) is 22.9 Å². The molecule has 0 spiro atoms. The minimum absolute atomic E-state index is 0.0148. The fourth-order valence-electron chi connectivity index (χ4n) is 6.52. The lowest BCUT2D eigenvalue weighted by molar-refractivity contribution is -0.147. The molecule has 1 amide bonds. The second kappa shape index (κ2) is 8.34. The van der Waals surface area contributed by atoms with Crippen molar-refractivity contribution in [2.24, 2.45) is 17.6 Å². The molecule has 1 aliphatic heterocycles. The number of Topliss-reactive ketones (excluding diaryl/α,β-unsaturated/α-hetero) is 2. The smallest absolute Gasteiger partial charge is 0.255 e. The number of aromatic hydroxyl groups is 1. The van der Waals surface area contributed by atoms with E-state index in [1.54, 1.807) is 18.2 Å². The van der Waals surface area contributed by atoms with Crippen LogP contribution in [0, 0.1) is 11.8 Å². The first kappa shape index (κ1) is 25.0. The lowest BCUT2D eigenvalue weighted by Crippen LogP contribution is -2.58. The van der Waals surface area contributed by atoms with Crippen LogP contribution in [0.2, 0.25) is 0 Å². The summed E-state index contributed by atoms with van der Waals surface area (Å²) in [6.45, 7) is 4.03. The minimum Gasteiger partial charge on any atom is -0.508 e. The molecule has 2 aromatic carbocycles. The molecule has 1 heterocycles. The van der Waals surface area contributed by atoms with E-state index in [1.807, 2.05) is 19.9 Å². The number of primary amides is 1. The first-order valence-corrected chi connectivity index (χ1v) is 12.7. The monoisotopic (exact) mass is 533 g/mol. The number of rotatable bonds is 3. The topological polar surface area (TPSA) is 177 Å². The number of ether oxygens (including phenoxy) is 2. The highest BCUT2D eigenvalue weighted by molar-refractivity contribution is 6.22. The first-order chi connectivity index (χ1) is 18.4. The number of ketones is 2. The van der Waals surface area contributed by atoms with E-state index in [4.69, 9.17) is 15.2 Å². The van der Waals surface area contributed by atoms with E-state index in [-0.39, 0.29) is 48.9 Å². The van der Waals surface area contributed by atoms with Crippen LogP contribution in [0.15, 0.2) is 41.2 Å². The van der Waals surface area contributed by atoms with Crippen molar-refractivity contribution in [1.29, 1.82) is 0 Å². The average molecular weight is 534 g/mol. The van der Waals surface area contributed by atoms with E-state index in [0.29, 0.717) is 28.2 Å². The SMILES string of the molecule is CC(C)c1cc(-c2ccc3c(c2)OCO3)c(O)c2c1C[C@H]1C[C@H]3CC(=O)C(C(N)=O)=C(O)[C@@]3(O)C(=O)C1=C2O. The molecule has 3 atom stereocenters. The maximum Gasteiger partial charge on any atom is 0.255 e. The Morgan fingerprint density at radius 1 is 1.08 bits per heavy atom. The molecule has 0 radical (unpaired) electrons. The van der Waals surface area contributed by atoms with Crippen molar-refractivity contribution >= 4 is 23.2 Å². The number of aliphatic hydroxyl groups excluding tert-OH is 2. The highest BCUT2D eigenvalue weighted by atomic mass is 16.7. The van der Waals surface area contributed by atoms with Crippen molar-refractivity contribution in [3.8, 4) is 28.4 Å². The van der Waals surface area contributed by atoms with Gasteiger partial charge in [0.1, 0.15) is 22.8 Å². The van der Waals surface area contributed by atoms with Crippen LogP contribution in [0.5, 0.6) is 17.2 Å². The summed E-state index contributed by atoms with van der Waals surface area (Å²) < 4.78 is 10.9. The van der Waals surface area contributed by atoms with E-state index in [9.17, 15) is 34.8 Å². The molecule has 0 aromatic heterocycles. The quantitative estimate of drug-likeness (QED) is 0.371. The van der Waals surface area contributed by atoms with Crippen LogP contribution in [-0.4, -0.2) is 50.3 Å². The van der Waals surface area contributed by atoms with E-state index in [1.165, 1.54) is 0 Å². The van der Waals surface area contributed by atoms with Gasteiger partial charge in [-0.05, 0) is 59.6 Å². The zero-order chi connectivity index (χ0) is 28.0. The molecule has 3 aliphatic carbocycles. The molecule has 0 bridgehead atoms. The summed E-state index contributed by atoms with van der Waals surface area (Å²) in [6.07, 6.45) is -0.00464. The van der Waals surface area contributed by atoms with Gasteiger partial charge in [0.25, 0.3) is 5.91 Å². The Morgan fingerprint density at radius 2 is 1.79 bits per heavy atom. The summed E-state index contributed by atoms with van der Waals surface area (Å²) in [4.78, 5) is 38.2. The van der Waals surface area contributed by atoms with Gasteiger partial charge < -0.3 is 35.6 Å². The largest absolute Gasteiger partial charge is 0.508 e. The Bertz CT molecular complexity index is 1570. The van der Waals surface area contributed by atoms with Gasteiger partial charge in [-0.3, -0.25) is 14.4 Å². The maximum absolute atomic E-state index is 13.8. The van der Waals surface area contributed by atoms with E-state index < -0.39 is 52.0 Å². The number of hydrogen-bond donors (Lipinski definition) is 5. The third-order valence-electron chi connectivity index (χ3n) is 8.40. The second-order valence-corrected chi connectivity index (χ2v) is 10.8. The van der Waals surface area contributed by atoms with Crippen LogP contribution in [0.3, 0.4) is 0 Å². The number of hydrogen-bond acceptors (Lipinski definition) is 9. The summed E-state index contributed by atoms with van der Waals surface area (Å²) in [5.74, 6) is -5.40.